The predicted molar refractivity (Wildman–Crippen MR) is 106 cm³/mol. The zero-order chi connectivity index (χ0) is 19.5. The summed E-state index contributed by atoms with van der Waals surface area (Å²) in [4.78, 5) is 8.02. The van der Waals surface area contributed by atoms with Gasteiger partial charge in [-0.3, -0.25) is 0 Å². The normalized spacial score (nSPS) is 11.1. The van der Waals surface area contributed by atoms with E-state index < -0.39 is 0 Å². The summed E-state index contributed by atoms with van der Waals surface area (Å²) >= 11 is 0. The molecule has 7 heteroatoms. The predicted octanol–water partition coefficient (Wildman–Crippen LogP) is 4.23. The van der Waals surface area contributed by atoms with Gasteiger partial charge in [0.05, 0.1) is 18.3 Å². The van der Waals surface area contributed by atoms with Crippen molar-refractivity contribution in [2.45, 2.75) is 20.1 Å². The molecule has 0 aliphatic rings. The summed E-state index contributed by atoms with van der Waals surface area (Å²) in [5.74, 6) is 0.848. The van der Waals surface area contributed by atoms with Crippen LogP contribution in [0.1, 0.15) is 16.8 Å². The van der Waals surface area contributed by atoms with Crippen LogP contribution in [0.4, 0.5) is 10.2 Å². The number of aromatic nitrogens is 4. The van der Waals surface area contributed by atoms with Crippen molar-refractivity contribution in [3.63, 3.8) is 0 Å². The average molecular weight is 377 g/mol. The van der Waals surface area contributed by atoms with Gasteiger partial charge in [-0.25, -0.2) is 9.37 Å². The molecule has 0 radical (unpaired) electrons. The van der Waals surface area contributed by atoms with E-state index in [1.54, 1.807) is 19.4 Å². The molecule has 28 heavy (non-hydrogen) atoms. The van der Waals surface area contributed by atoms with Gasteiger partial charge in [0.2, 0.25) is 0 Å². The Morgan fingerprint density at radius 2 is 2.04 bits per heavy atom. The molecule has 2 aromatic carbocycles. The number of aryl methyl sites for hydroxylation is 1. The third-order valence-corrected chi connectivity index (χ3v) is 4.55. The minimum Gasteiger partial charge on any atom is -0.380 e. The monoisotopic (exact) mass is 377 g/mol. The number of hydrogen-bond donors (Lipinski definition) is 2. The van der Waals surface area contributed by atoms with E-state index in [9.17, 15) is 4.39 Å². The Morgan fingerprint density at radius 3 is 2.86 bits per heavy atom. The standard InChI is InChI=1S/C21H20FN5O/c1-13-19(17-8-4-6-15(12-28-2)20(17)25-13)21-26-18(11-24-27-21)23-10-14-5-3-7-16(22)9-14/h3-9,11,25H,10,12H2,1-2H3,(H,23,26,27). The highest BCUT2D eigenvalue weighted by molar-refractivity contribution is 5.97. The Kier molecular flexibility index (Phi) is 4.99. The first-order valence-corrected chi connectivity index (χ1v) is 8.93. The number of nitrogens with zero attached hydrogens (tertiary/aromatic N) is 3. The van der Waals surface area contributed by atoms with Crippen molar-refractivity contribution in [3.8, 4) is 11.4 Å². The molecule has 0 aliphatic carbocycles. The molecule has 2 N–H and O–H groups in total. The number of benzene rings is 2. The lowest BCUT2D eigenvalue weighted by molar-refractivity contribution is 0.186. The van der Waals surface area contributed by atoms with E-state index in [2.05, 4.69) is 25.5 Å². The first kappa shape index (κ1) is 18.1. The maximum Gasteiger partial charge on any atom is 0.186 e. The summed E-state index contributed by atoms with van der Waals surface area (Å²) in [5.41, 5.74) is 4.78. The van der Waals surface area contributed by atoms with E-state index in [4.69, 9.17) is 4.74 Å². The molecule has 0 fully saturated rings. The lowest BCUT2D eigenvalue weighted by atomic mass is 10.1. The van der Waals surface area contributed by atoms with Crippen LogP contribution in [0.15, 0.2) is 48.7 Å². The van der Waals surface area contributed by atoms with Crippen molar-refractivity contribution in [1.29, 1.82) is 0 Å². The molecule has 0 aliphatic heterocycles. The number of fused-ring (bicyclic) bond motifs is 1. The van der Waals surface area contributed by atoms with Crippen LogP contribution in [0.2, 0.25) is 0 Å². The maximum absolute atomic E-state index is 13.3. The highest BCUT2D eigenvalue weighted by atomic mass is 19.1. The Labute approximate surface area is 161 Å². The molecule has 142 valence electrons. The second-order valence-corrected chi connectivity index (χ2v) is 6.55. The Balaban J connectivity index is 1.66. The van der Waals surface area contributed by atoms with Crippen molar-refractivity contribution >= 4 is 16.7 Å². The number of rotatable bonds is 6. The number of halogens is 1. The zero-order valence-corrected chi connectivity index (χ0v) is 15.7. The minimum atomic E-state index is -0.262. The number of methoxy groups -OCH3 is 1. The summed E-state index contributed by atoms with van der Waals surface area (Å²) in [6, 6.07) is 12.5. The first-order valence-electron chi connectivity index (χ1n) is 8.93. The maximum atomic E-state index is 13.3. The zero-order valence-electron chi connectivity index (χ0n) is 15.7. The Morgan fingerprint density at radius 1 is 1.18 bits per heavy atom. The number of aromatic amines is 1. The van der Waals surface area contributed by atoms with Crippen LogP contribution in [0.5, 0.6) is 0 Å². The van der Waals surface area contributed by atoms with Gasteiger partial charge in [0, 0.05) is 35.9 Å². The molecule has 6 nitrogen and oxygen atoms in total. The van der Waals surface area contributed by atoms with Gasteiger partial charge in [0.15, 0.2) is 5.82 Å². The van der Waals surface area contributed by atoms with E-state index >= 15 is 0 Å². The van der Waals surface area contributed by atoms with Gasteiger partial charge in [-0.05, 0) is 24.6 Å². The molecule has 4 rings (SSSR count). The molecule has 2 aromatic heterocycles. The van der Waals surface area contributed by atoms with Crippen LogP contribution in [0.3, 0.4) is 0 Å². The van der Waals surface area contributed by atoms with E-state index in [1.165, 1.54) is 12.1 Å². The molecule has 0 spiro atoms. The molecule has 2 heterocycles. The average Bonchev–Trinajstić information content (AvgIpc) is 3.04. The second kappa shape index (κ2) is 7.74. The molecule has 0 amide bonds. The molecule has 4 aromatic rings. The molecular formula is C21H20FN5O. The molecule has 0 atom stereocenters. The topological polar surface area (TPSA) is 75.7 Å². The number of ether oxygens (including phenoxy) is 1. The number of nitrogens with one attached hydrogen (secondary N) is 2. The summed E-state index contributed by atoms with van der Waals surface area (Å²) in [5, 5.41) is 12.5. The number of H-pyrrole nitrogens is 1. The summed E-state index contributed by atoms with van der Waals surface area (Å²) in [7, 11) is 1.68. The van der Waals surface area contributed by atoms with E-state index in [0.29, 0.717) is 24.8 Å². The van der Waals surface area contributed by atoms with Crippen molar-refractivity contribution in [2.75, 3.05) is 12.4 Å². The number of hydrogen-bond acceptors (Lipinski definition) is 5. The molecular weight excluding hydrogens is 357 g/mol. The third-order valence-electron chi connectivity index (χ3n) is 4.55. The fourth-order valence-electron chi connectivity index (χ4n) is 3.31. The Hall–Kier alpha value is -3.32. The lowest BCUT2D eigenvalue weighted by Gasteiger charge is -2.07. The van der Waals surface area contributed by atoms with E-state index in [0.717, 1.165) is 33.3 Å². The minimum absolute atomic E-state index is 0.262. The van der Waals surface area contributed by atoms with Gasteiger partial charge >= 0.3 is 0 Å². The summed E-state index contributed by atoms with van der Waals surface area (Å²) in [6.07, 6.45) is 1.56. The SMILES string of the molecule is COCc1cccc2c(-c3nncc(NCc4cccc(F)c4)n3)c(C)[nH]c12. The number of anilines is 1. The van der Waals surface area contributed by atoms with Crippen molar-refractivity contribution < 1.29 is 9.13 Å². The van der Waals surface area contributed by atoms with E-state index in [-0.39, 0.29) is 5.82 Å². The summed E-state index contributed by atoms with van der Waals surface area (Å²) in [6.45, 7) is 2.95. The van der Waals surface area contributed by atoms with Gasteiger partial charge < -0.3 is 15.0 Å². The van der Waals surface area contributed by atoms with Crippen LogP contribution in [-0.2, 0) is 17.9 Å². The molecule has 0 bridgehead atoms. The van der Waals surface area contributed by atoms with Gasteiger partial charge in [-0.2, -0.15) is 5.10 Å². The summed E-state index contributed by atoms with van der Waals surface area (Å²) < 4.78 is 18.6. The van der Waals surface area contributed by atoms with Gasteiger partial charge in [-0.15, -0.1) is 5.10 Å². The van der Waals surface area contributed by atoms with Crippen LogP contribution >= 0.6 is 0 Å². The van der Waals surface area contributed by atoms with Gasteiger partial charge in [-0.1, -0.05) is 30.3 Å². The fraction of sp³-hybridized carbons (Fsp3) is 0.190. The van der Waals surface area contributed by atoms with Gasteiger partial charge in [0.25, 0.3) is 0 Å². The van der Waals surface area contributed by atoms with Crippen LogP contribution < -0.4 is 5.32 Å². The third kappa shape index (κ3) is 3.57. The highest BCUT2D eigenvalue weighted by Crippen LogP contribution is 2.32. The molecule has 0 unspecified atom stereocenters. The van der Waals surface area contributed by atoms with E-state index in [1.807, 2.05) is 31.2 Å². The van der Waals surface area contributed by atoms with Crippen molar-refractivity contribution in [3.05, 3.63) is 71.3 Å². The van der Waals surface area contributed by atoms with Crippen LogP contribution in [0.25, 0.3) is 22.3 Å². The molecule has 0 saturated heterocycles. The van der Waals surface area contributed by atoms with Crippen LogP contribution in [-0.4, -0.2) is 27.3 Å². The van der Waals surface area contributed by atoms with Crippen molar-refractivity contribution in [1.82, 2.24) is 20.2 Å². The van der Waals surface area contributed by atoms with Crippen molar-refractivity contribution in [2.24, 2.45) is 0 Å². The quantitative estimate of drug-likeness (QED) is 0.526. The second-order valence-electron chi connectivity index (χ2n) is 6.55. The van der Waals surface area contributed by atoms with Gasteiger partial charge in [0.1, 0.15) is 11.6 Å². The smallest absolute Gasteiger partial charge is 0.186 e. The lowest BCUT2D eigenvalue weighted by Crippen LogP contribution is -2.04. The molecule has 0 saturated carbocycles. The first-order chi connectivity index (χ1) is 13.7. The Bertz CT molecular complexity index is 1120. The largest absolute Gasteiger partial charge is 0.380 e. The highest BCUT2D eigenvalue weighted by Gasteiger charge is 2.16. The fourth-order valence-corrected chi connectivity index (χ4v) is 3.31. The number of para-hydroxylation sites is 1. The van der Waals surface area contributed by atoms with Crippen LogP contribution in [0, 0.1) is 12.7 Å².